The van der Waals surface area contributed by atoms with E-state index >= 15 is 0 Å². The van der Waals surface area contributed by atoms with Gasteiger partial charge < -0.3 is 10.3 Å². The third kappa shape index (κ3) is 1.76. The molecule has 1 aromatic heterocycles. The van der Waals surface area contributed by atoms with Crippen molar-refractivity contribution >= 4 is 10.9 Å². The van der Waals surface area contributed by atoms with E-state index in [0.29, 0.717) is 5.92 Å². The predicted molar refractivity (Wildman–Crippen MR) is 77.4 cm³/mol. The molecule has 0 fully saturated rings. The molecule has 0 bridgehead atoms. The monoisotopic (exact) mass is 242 g/mol. The lowest BCUT2D eigenvalue weighted by Gasteiger charge is -2.22. The minimum Gasteiger partial charge on any atom is -0.358 e. The number of aromatic amines is 1. The van der Waals surface area contributed by atoms with Crippen molar-refractivity contribution < 1.29 is 0 Å². The average Bonchev–Trinajstić information content (AvgIpc) is 2.70. The van der Waals surface area contributed by atoms with Crippen LogP contribution in [0.5, 0.6) is 0 Å². The fourth-order valence-corrected chi connectivity index (χ4v) is 3.46. The van der Waals surface area contributed by atoms with E-state index in [0.717, 1.165) is 6.54 Å². The number of likely N-dealkylation sites (N-methyl/N-ethyl adjacent to an activating group) is 1. The molecule has 0 radical (unpaired) electrons. The van der Waals surface area contributed by atoms with Gasteiger partial charge in [-0.25, -0.2) is 0 Å². The first kappa shape index (κ1) is 11.8. The van der Waals surface area contributed by atoms with Crippen LogP contribution in [0.2, 0.25) is 0 Å². The Morgan fingerprint density at radius 3 is 2.94 bits per heavy atom. The lowest BCUT2D eigenvalue weighted by atomic mass is 9.86. The van der Waals surface area contributed by atoms with E-state index in [9.17, 15) is 0 Å². The lowest BCUT2D eigenvalue weighted by molar-refractivity contribution is 0.522. The fraction of sp³-hybridized carbons (Fsp3) is 0.500. The van der Waals surface area contributed by atoms with Gasteiger partial charge in [-0.05, 0) is 57.4 Å². The van der Waals surface area contributed by atoms with E-state index in [4.69, 9.17) is 0 Å². The van der Waals surface area contributed by atoms with Gasteiger partial charge in [-0.15, -0.1) is 0 Å². The van der Waals surface area contributed by atoms with Crippen LogP contribution in [0.4, 0.5) is 0 Å². The molecule has 1 aliphatic carbocycles. The highest BCUT2D eigenvalue weighted by Crippen LogP contribution is 2.37. The molecule has 2 N–H and O–H groups in total. The molecule has 1 aromatic carbocycles. The summed E-state index contributed by atoms with van der Waals surface area (Å²) in [5.41, 5.74) is 7.16. The first-order chi connectivity index (χ1) is 8.70. The molecule has 18 heavy (non-hydrogen) atoms. The second-order valence-corrected chi connectivity index (χ2v) is 5.67. The van der Waals surface area contributed by atoms with Gasteiger partial charge in [0.25, 0.3) is 0 Å². The average molecular weight is 242 g/mol. The van der Waals surface area contributed by atoms with Crippen molar-refractivity contribution in [2.24, 2.45) is 0 Å². The van der Waals surface area contributed by atoms with Crippen molar-refractivity contribution in [3.05, 3.63) is 34.5 Å². The van der Waals surface area contributed by atoms with Crippen LogP contribution in [-0.2, 0) is 6.42 Å². The van der Waals surface area contributed by atoms with Gasteiger partial charge in [0.15, 0.2) is 0 Å². The van der Waals surface area contributed by atoms with E-state index in [-0.39, 0.29) is 0 Å². The Kier molecular flexibility index (Phi) is 2.90. The highest BCUT2D eigenvalue weighted by molar-refractivity contribution is 5.88. The van der Waals surface area contributed by atoms with E-state index in [2.05, 4.69) is 36.3 Å². The highest BCUT2D eigenvalue weighted by Gasteiger charge is 2.24. The molecule has 2 aromatic rings. The van der Waals surface area contributed by atoms with Crippen LogP contribution in [0, 0.1) is 13.8 Å². The normalized spacial score (nSPS) is 19.2. The molecule has 0 spiro atoms. The number of aromatic nitrogens is 1. The van der Waals surface area contributed by atoms with Crippen molar-refractivity contribution in [2.75, 3.05) is 13.6 Å². The number of H-pyrrole nitrogens is 1. The van der Waals surface area contributed by atoms with Gasteiger partial charge in [0.1, 0.15) is 0 Å². The number of hydrogen-bond acceptors (Lipinski definition) is 1. The number of rotatable bonds is 2. The quantitative estimate of drug-likeness (QED) is 0.829. The maximum absolute atomic E-state index is 3.71. The van der Waals surface area contributed by atoms with E-state index in [1.54, 1.807) is 5.56 Å². The van der Waals surface area contributed by atoms with Gasteiger partial charge in [-0.3, -0.25) is 0 Å². The molecule has 0 amide bonds. The Morgan fingerprint density at radius 1 is 1.33 bits per heavy atom. The fourth-order valence-electron chi connectivity index (χ4n) is 3.46. The zero-order valence-corrected chi connectivity index (χ0v) is 11.6. The molecule has 1 atom stereocenters. The number of fused-ring (bicyclic) bond motifs is 3. The maximum Gasteiger partial charge on any atom is 0.0488 e. The minimum atomic E-state index is 0.658. The third-order valence-corrected chi connectivity index (χ3v) is 4.23. The smallest absolute Gasteiger partial charge is 0.0488 e. The summed E-state index contributed by atoms with van der Waals surface area (Å²) in [4.78, 5) is 3.71. The zero-order chi connectivity index (χ0) is 12.7. The Balaban J connectivity index is 2.20. The number of aryl methyl sites for hydroxylation is 3. The van der Waals surface area contributed by atoms with Crippen LogP contribution >= 0.6 is 0 Å². The molecule has 0 aliphatic heterocycles. The van der Waals surface area contributed by atoms with Gasteiger partial charge in [-0.1, -0.05) is 11.6 Å². The molecule has 1 unspecified atom stereocenters. The lowest BCUT2D eigenvalue weighted by Crippen LogP contribution is -2.21. The number of nitrogens with one attached hydrogen (secondary N) is 2. The van der Waals surface area contributed by atoms with Crippen molar-refractivity contribution in [2.45, 2.75) is 39.0 Å². The van der Waals surface area contributed by atoms with E-state index in [1.165, 1.54) is 47.0 Å². The van der Waals surface area contributed by atoms with Crippen LogP contribution in [0.3, 0.4) is 0 Å². The topological polar surface area (TPSA) is 27.8 Å². The van der Waals surface area contributed by atoms with E-state index < -0.39 is 0 Å². The standard InChI is InChI=1S/C16H22N2/c1-10-7-11(2)15-14(8-10)13-6-4-5-12(9-17-3)16(13)18-15/h7-8,12,17-18H,4-6,9H2,1-3H3. The van der Waals surface area contributed by atoms with Crippen molar-refractivity contribution in [3.63, 3.8) is 0 Å². The van der Waals surface area contributed by atoms with Gasteiger partial charge in [0.05, 0.1) is 0 Å². The van der Waals surface area contributed by atoms with Crippen LogP contribution in [0.1, 0.15) is 41.1 Å². The van der Waals surface area contributed by atoms with Gasteiger partial charge >= 0.3 is 0 Å². The molecule has 2 nitrogen and oxygen atoms in total. The summed E-state index contributed by atoms with van der Waals surface area (Å²) in [5, 5.41) is 4.79. The van der Waals surface area contributed by atoms with Crippen molar-refractivity contribution in [1.29, 1.82) is 0 Å². The molecule has 1 heterocycles. The number of hydrogen-bond donors (Lipinski definition) is 2. The van der Waals surface area contributed by atoms with Crippen LogP contribution in [0.25, 0.3) is 10.9 Å². The Morgan fingerprint density at radius 2 is 2.17 bits per heavy atom. The predicted octanol–water partition coefficient (Wildman–Crippen LogP) is 3.42. The van der Waals surface area contributed by atoms with Crippen LogP contribution < -0.4 is 5.32 Å². The van der Waals surface area contributed by atoms with E-state index in [1.807, 2.05) is 7.05 Å². The summed E-state index contributed by atoms with van der Waals surface area (Å²) in [5.74, 6) is 0.658. The largest absolute Gasteiger partial charge is 0.358 e. The van der Waals surface area contributed by atoms with Crippen LogP contribution in [0.15, 0.2) is 12.1 Å². The Labute approximate surface area is 109 Å². The maximum atomic E-state index is 3.71. The summed E-state index contributed by atoms with van der Waals surface area (Å²) in [6, 6.07) is 4.62. The minimum absolute atomic E-state index is 0.658. The Bertz CT molecular complexity index is 580. The second-order valence-electron chi connectivity index (χ2n) is 5.67. The number of benzene rings is 1. The summed E-state index contributed by atoms with van der Waals surface area (Å²) in [6.07, 6.45) is 3.86. The zero-order valence-electron chi connectivity index (χ0n) is 11.6. The Hall–Kier alpha value is -1.28. The first-order valence-electron chi connectivity index (χ1n) is 6.97. The van der Waals surface area contributed by atoms with Gasteiger partial charge in [0.2, 0.25) is 0 Å². The summed E-state index contributed by atoms with van der Waals surface area (Å²) < 4.78 is 0. The SMILES string of the molecule is CNCC1CCCc2c1[nH]c1c(C)cc(C)cc21. The first-order valence-corrected chi connectivity index (χ1v) is 6.97. The summed E-state index contributed by atoms with van der Waals surface area (Å²) in [6.45, 7) is 5.49. The van der Waals surface area contributed by atoms with Crippen molar-refractivity contribution in [1.82, 2.24) is 10.3 Å². The molecule has 1 aliphatic rings. The molecular weight excluding hydrogens is 220 g/mol. The van der Waals surface area contributed by atoms with Gasteiger partial charge in [0, 0.05) is 29.1 Å². The second kappa shape index (κ2) is 4.43. The molecule has 2 heteroatoms. The molecule has 3 rings (SSSR count). The third-order valence-electron chi connectivity index (χ3n) is 4.23. The molecular formula is C16H22N2. The summed E-state index contributed by atoms with van der Waals surface area (Å²) in [7, 11) is 2.05. The highest BCUT2D eigenvalue weighted by atomic mass is 14.8. The molecule has 0 saturated carbocycles. The van der Waals surface area contributed by atoms with Crippen LogP contribution in [-0.4, -0.2) is 18.6 Å². The molecule has 0 saturated heterocycles. The van der Waals surface area contributed by atoms with Gasteiger partial charge in [-0.2, -0.15) is 0 Å². The van der Waals surface area contributed by atoms with Crippen molar-refractivity contribution in [3.8, 4) is 0 Å². The summed E-state index contributed by atoms with van der Waals surface area (Å²) >= 11 is 0. The molecule has 96 valence electrons.